The summed E-state index contributed by atoms with van der Waals surface area (Å²) < 4.78 is 0.844. The van der Waals surface area contributed by atoms with Gasteiger partial charge in [-0.25, -0.2) is 0 Å². The van der Waals surface area contributed by atoms with E-state index in [0.29, 0.717) is 6.42 Å². The zero-order chi connectivity index (χ0) is 23.6. The van der Waals surface area contributed by atoms with Crippen molar-refractivity contribution < 1.29 is 19.5 Å². The van der Waals surface area contributed by atoms with Gasteiger partial charge in [0.1, 0.15) is 6.54 Å². The Morgan fingerprint density at radius 1 is 0.677 bits per heavy atom. The smallest absolute Gasteiger partial charge is 0.303 e. The van der Waals surface area contributed by atoms with Crippen molar-refractivity contribution in [2.45, 2.75) is 122 Å². The summed E-state index contributed by atoms with van der Waals surface area (Å²) in [6, 6.07) is 0. The fraction of sp³-hybridized carbons (Fsp3) is 0.889. The van der Waals surface area contributed by atoms with Crippen molar-refractivity contribution in [3.05, 3.63) is 12.2 Å². The predicted molar refractivity (Wildman–Crippen MR) is 136 cm³/mol. The number of quaternary nitrogens is 1. The first-order valence-electron chi connectivity index (χ1n) is 13.1. The fourth-order valence-electron chi connectivity index (χ4n) is 3.35. The lowest BCUT2D eigenvalue weighted by Crippen LogP contribution is -2.36. The molecule has 0 unspecified atom stereocenters. The number of aliphatic hydroxyl groups excluding tert-OH is 1. The van der Waals surface area contributed by atoms with Gasteiger partial charge in [-0.2, -0.15) is 0 Å². The van der Waals surface area contributed by atoms with Crippen molar-refractivity contribution in [1.29, 1.82) is 0 Å². The van der Waals surface area contributed by atoms with Gasteiger partial charge < -0.3 is 14.7 Å². The Hall–Kier alpha value is -0.870. The summed E-state index contributed by atoms with van der Waals surface area (Å²) in [5.74, 6) is -0.656. The van der Waals surface area contributed by atoms with E-state index in [2.05, 4.69) is 40.2 Å². The average molecular weight is 443 g/mol. The van der Waals surface area contributed by atoms with Crippen molar-refractivity contribution in [3.8, 4) is 0 Å². The molecular formula is C27H56NO3+. The molecule has 0 fully saturated rings. The number of likely N-dealkylation sites (N-methyl/N-ethyl adjacent to an activating group) is 1. The topological polar surface area (TPSA) is 57.5 Å². The van der Waals surface area contributed by atoms with Crippen LogP contribution in [0.15, 0.2) is 12.2 Å². The normalized spacial score (nSPS) is 11.5. The maximum atomic E-state index is 10.4. The third-order valence-corrected chi connectivity index (χ3v) is 5.42. The van der Waals surface area contributed by atoms with Crippen LogP contribution in [0, 0.1) is 0 Å². The molecule has 0 aromatic heterocycles. The number of carboxylic acids is 1. The summed E-state index contributed by atoms with van der Waals surface area (Å²) in [5.41, 5.74) is 0. The van der Waals surface area contributed by atoms with Crippen molar-refractivity contribution in [2.75, 3.05) is 34.3 Å². The highest BCUT2D eigenvalue weighted by atomic mass is 16.4. The van der Waals surface area contributed by atoms with Gasteiger partial charge in [0.15, 0.2) is 0 Å². The number of aliphatic carboxylic acids is 1. The van der Waals surface area contributed by atoms with Crippen LogP contribution in [0.1, 0.15) is 122 Å². The standard InChI is InChI=1S/C22H42O2.C5H14NO/c1-2-3-4-5-6-7-8-9-10-11-12-13-14-15-16-17-18-19-20-21-22(23)24;1-6(2,3)4-5-7/h9-10H,2-8,11-21H2,1H3,(H,23,24);7H,4-5H2,1-3H3/q;+1/b10-9-;. The van der Waals surface area contributed by atoms with Gasteiger partial charge in [0.05, 0.1) is 27.7 Å². The summed E-state index contributed by atoms with van der Waals surface area (Å²) in [5, 5.41) is 16.9. The van der Waals surface area contributed by atoms with E-state index in [9.17, 15) is 4.79 Å². The fourth-order valence-corrected chi connectivity index (χ4v) is 3.35. The number of carbonyl (C=O) groups is 1. The van der Waals surface area contributed by atoms with E-state index >= 15 is 0 Å². The van der Waals surface area contributed by atoms with Crippen LogP contribution in [0.5, 0.6) is 0 Å². The van der Waals surface area contributed by atoms with Crippen molar-refractivity contribution >= 4 is 5.97 Å². The van der Waals surface area contributed by atoms with E-state index in [1.54, 1.807) is 0 Å². The van der Waals surface area contributed by atoms with E-state index in [0.717, 1.165) is 23.9 Å². The van der Waals surface area contributed by atoms with Gasteiger partial charge in [0, 0.05) is 6.42 Å². The third-order valence-electron chi connectivity index (χ3n) is 5.42. The second kappa shape index (κ2) is 25.4. The van der Waals surface area contributed by atoms with E-state index in [4.69, 9.17) is 10.2 Å². The molecule has 0 heterocycles. The van der Waals surface area contributed by atoms with Crippen LogP contribution in [0.2, 0.25) is 0 Å². The Labute approximate surface area is 194 Å². The molecule has 4 heteroatoms. The first-order valence-corrected chi connectivity index (χ1v) is 13.1. The predicted octanol–water partition coefficient (Wildman–Crippen LogP) is 7.35. The summed E-state index contributed by atoms with van der Waals surface area (Å²) >= 11 is 0. The van der Waals surface area contributed by atoms with Crippen LogP contribution >= 0.6 is 0 Å². The average Bonchev–Trinajstić information content (AvgIpc) is 2.69. The number of aliphatic hydroxyl groups is 1. The molecule has 0 aromatic rings. The number of hydrogen-bond acceptors (Lipinski definition) is 2. The van der Waals surface area contributed by atoms with Crippen molar-refractivity contribution in [3.63, 3.8) is 0 Å². The molecule has 0 spiro atoms. The first-order chi connectivity index (χ1) is 14.8. The summed E-state index contributed by atoms with van der Waals surface area (Å²) in [6.07, 6.45) is 27.1. The molecule has 2 N–H and O–H groups in total. The van der Waals surface area contributed by atoms with Crippen LogP contribution in [0.25, 0.3) is 0 Å². The highest BCUT2D eigenvalue weighted by Gasteiger charge is 2.02. The quantitative estimate of drug-likeness (QED) is 0.111. The van der Waals surface area contributed by atoms with Gasteiger partial charge in [0.2, 0.25) is 0 Å². The van der Waals surface area contributed by atoms with Gasteiger partial charge >= 0.3 is 5.97 Å². The molecule has 0 aliphatic rings. The van der Waals surface area contributed by atoms with Gasteiger partial charge in [-0.1, -0.05) is 96.1 Å². The van der Waals surface area contributed by atoms with E-state index in [-0.39, 0.29) is 6.61 Å². The molecule has 31 heavy (non-hydrogen) atoms. The number of nitrogens with zero attached hydrogens (tertiary/aromatic N) is 1. The minimum atomic E-state index is -0.656. The second-order valence-electron chi connectivity index (χ2n) is 9.88. The molecule has 0 aliphatic carbocycles. The number of rotatable bonds is 21. The molecule has 186 valence electrons. The molecule has 0 saturated carbocycles. The monoisotopic (exact) mass is 442 g/mol. The zero-order valence-electron chi connectivity index (χ0n) is 21.5. The number of carboxylic acid groups (broad SMARTS) is 1. The number of unbranched alkanes of at least 4 members (excludes halogenated alkanes) is 15. The molecule has 0 radical (unpaired) electrons. The Morgan fingerprint density at radius 2 is 1.06 bits per heavy atom. The lowest BCUT2D eigenvalue weighted by Gasteiger charge is -2.21. The van der Waals surface area contributed by atoms with E-state index < -0.39 is 5.97 Å². The highest BCUT2D eigenvalue weighted by molar-refractivity contribution is 5.66. The maximum Gasteiger partial charge on any atom is 0.303 e. The zero-order valence-corrected chi connectivity index (χ0v) is 21.5. The van der Waals surface area contributed by atoms with Gasteiger partial charge in [-0.05, 0) is 32.1 Å². The van der Waals surface area contributed by atoms with Crippen LogP contribution in [0.3, 0.4) is 0 Å². The molecule has 0 aliphatic heterocycles. The molecule has 0 rings (SSSR count). The van der Waals surface area contributed by atoms with Gasteiger partial charge in [-0.15, -0.1) is 0 Å². The van der Waals surface area contributed by atoms with Crippen molar-refractivity contribution in [2.24, 2.45) is 0 Å². The Balaban J connectivity index is 0. The van der Waals surface area contributed by atoms with Gasteiger partial charge in [0.25, 0.3) is 0 Å². The summed E-state index contributed by atoms with van der Waals surface area (Å²) in [4.78, 5) is 10.4. The molecular weight excluding hydrogens is 386 g/mol. The Kier molecular flexibility index (Phi) is 26.5. The number of hydrogen-bond donors (Lipinski definition) is 2. The Morgan fingerprint density at radius 3 is 1.39 bits per heavy atom. The molecule has 0 saturated heterocycles. The molecule has 0 aromatic carbocycles. The van der Waals surface area contributed by atoms with Gasteiger partial charge in [-0.3, -0.25) is 4.79 Å². The summed E-state index contributed by atoms with van der Waals surface area (Å²) in [6.45, 7) is 3.39. The second-order valence-corrected chi connectivity index (χ2v) is 9.88. The van der Waals surface area contributed by atoms with E-state index in [1.807, 2.05) is 0 Å². The minimum Gasteiger partial charge on any atom is -0.481 e. The first kappa shape index (κ1) is 32.3. The molecule has 0 bridgehead atoms. The van der Waals surface area contributed by atoms with E-state index in [1.165, 1.54) is 96.3 Å². The van der Waals surface area contributed by atoms with Crippen LogP contribution in [-0.2, 0) is 4.79 Å². The van der Waals surface area contributed by atoms with Crippen LogP contribution in [-0.4, -0.2) is 55.0 Å². The number of allylic oxidation sites excluding steroid dienone is 2. The van der Waals surface area contributed by atoms with Crippen LogP contribution in [0.4, 0.5) is 0 Å². The summed E-state index contributed by atoms with van der Waals surface area (Å²) in [7, 11) is 6.16. The highest BCUT2D eigenvalue weighted by Crippen LogP contribution is 2.12. The maximum absolute atomic E-state index is 10.4. The third kappa shape index (κ3) is 36.8. The largest absolute Gasteiger partial charge is 0.481 e. The van der Waals surface area contributed by atoms with Crippen molar-refractivity contribution in [1.82, 2.24) is 0 Å². The molecule has 4 nitrogen and oxygen atoms in total. The minimum absolute atomic E-state index is 0.281. The van der Waals surface area contributed by atoms with Crippen LogP contribution < -0.4 is 0 Å². The molecule has 0 amide bonds. The molecule has 0 atom stereocenters. The SMILES string of the molecule is CCCCCCCC/C=C\CCCCCCCCCCCC(=O)O.C[N+](C)(C)CCO. The Bertz CT molecular complexity index is 388. The lowest BCUT2D eigenvalue weighted by atomic mass is 10.1. The lowest BCUT2D eigenvalue weighted by molar-refractivity contribution is -0.870.